The highest BCUT2D eigenvalue weighted by Crippen LogP contribution is 2.27. The molecular formula is C21H26N2O4S. The van der Waals surface area contributed by atoms with E-state index in [-0.39, 0.29) is 12.5 Å². The molecule has 0 radical (unpaired) electrons. The van der Waals surface area contributed by atoms with Gasteiger partial charge in [-0.3, -0.25) is 4.79 Å². The maximum atomic E-state index is 12.6. The summed E-state index contributed by atoms with van der Waals surface area (Å²) in [5.41, 5.74) is 1.27. The Balaban J connectivity index is 1.57. The fourth-order valence-corrected chi connectivity index (χ4v) is 4.48. The summed E-state index contributed by atoms with van der Waals surface area (Å²) in [7, 11) is 0. The molecule has 1 aromatic heterocycles. The highest BCUT2D eigenvalue weighted by atomic mass is 32.2. The number of rotatable bonds is 6. The molecule has 0 saturated carbocycles. The number of carbonyl (C=O) groups excluding carboxylic acids is 2. The van der Waals surface area contributed by atoms with E-state index in [4.69, 9.17) is 9.26 Å². The number of hydrogen-bond donors (Lipinski definition) is 0. The van der Waals surface area contributed by atoms with Crippen molar-refractivity contribution in [2.45, 2.75) is 37.8 Å². The largest absolute Gasteiger partial charge is 0.452 e. The Hall–Kier alpha value is -2.28. The highest BCUT2D eigenvalue weighted by molar-refractivity contribution is 7.98. The molecule has 1 fully saturated rings. The van der Waals surface area contributed by atoms with Crippen molar-refractivity contribution in [2.24, 2.45) is 11.8 Å². The number of thioether (sulfide) groups is 1. The lowest BCUT2D eigenvalue weighted by Crippen LogP contribution is -2.44. The second kappa shape index (κ2) is 9.28. The first-order valence-corrected chi connectivity index (χ1v) is 10.5. The third-order valence-electron chi connectivity index (χ3n) is 4.71. The van der Waals surface area contributed by atoms with Crippen molar-refractivity contribution in [3.05, 3.63) is 47.3 Å². The summed E-state index contributed by atoms with van der Waals surface area (Å²) >= 11 is 1.49. The van der Waals surface area contributed by atoms with Crippen LogP contribution in [0.2, 0.25) is 0 Å². The number of piperidine rings is 1. The first-order valence-electron chi connectivity index (χ1n) is 9.51. The van der Waals surface area contributed by atoms with Crippen LogP contribution in [0.25, 0.3) is 0 Å². The summed E-state index contributed by atoms with van der Waals surface area (Å²) in [4.78, 5) is 27.6. The number of benzene rings is 1. The predicted octanol–water partition coefficient (Wildman–Crippen LogP) is 3.94. The van der Waals surface area contributed by atoms with Crippen LogP contribution in [-0.4, -0.2) is 41.6 Å². The summed E-state index contributed by atoms with van der Waals surface area (Å²) in [5, 5.41) is 3.97. The monoisotopic (exact) mass is 402 g/mol. The van der Waals surface area contributed by atoms with E-state index in [2.05, 4.69) is 19.0 Å². The minimum absolute atomic E-state index is 0.130. The number of aryl methyl sites for hydroxylation is 1. The van der Waals surface area contributed by atoms with Crippen molar-refractivity contribution in [1.82, 2.24) is 10.1 Å². The smallest absolute Gasteiger partial charge is 0.339 e. The fraction of sp³-hybridized carbons (Fsp3) is 0.476. The van der Waals surface area contributed by atoms with Crippen molar-refractivity contribution < 1.29 is 18.8 Å². The van der Waals surface area contributed by atoms with Crippen LogP contribution in [-0.2, 0) is 15.3 Å². The van der Waals surface area contributed by atoms with E-state index in [9.17, 15) is 9.59 Å². The Morgan fingerprint density at radius 3 is 2.64 bits per heavy atom. The second-order valence-corrected chi connectivity index (χ2v) is 8.55. The Bertz CT molecular complexity index is 825. The van der Waals surface area contributed by atoms with Gasteiger partial charge in [-0.1, -0.05) is 31.1 Å². The maximum absolute atomic E-state index is 12.6. The molecule has 6 nitrogen and oxygen atoms in total. The Morgan fingerprint density at radius 2 is 1.96 bits per heavy atom. The summed E-state index contributed by atoms with van der Waals surface area (Å²) in [6, 6.07) is 9.11. The molecule has 0 unspecified atom stereocenters. The third kappa shape index (κ3) is 5.38. The molecule has 1 saturated heterocycles. The molecule has 0 aliphatic carbocycles. The van der Waals surface area contributed by atoms with Crippen LogP contribution in [0.4, 0.5) is 0 Å². The van der Waals surface area contributed by atoms with E-state index in [0.29, 0.717) is 23.2 Å². The van der Waals surface area contributed by atoms with Crippen molar-refractivity contribution >= 4 is 23.6 Å². The van der Waals surface area contributed by atoms with Gasteiger partial charge in [-0.25, -0.2) is 4.79 Å². The fourth-order valence-electron chi connectivity index (χ4n) is 3.56. The van der Waals surface area contributed by atoms with Gasteiger partial charge in [0.25, 0.3) is 5.91 Å². The van der Waals surface area contributed by atoms with Crippen LogP contribution in [0, 0.1) is 18.8 Å². The standard InChI is InChI=1S/C21H26N2O4S/c1-14-8-15(2)11-23(10-14)20(24)12-26-21(25)18-6-4-5-7-19(18)28-13-17-9-16(3)27-22-17/h4-7,9,14-15H,8,10-13H2,1-3H3/t14-,15-/m1/s1. The first-order chi connectivity index (χ1) is 13.4. The highest BCUT2D eigenvalue weighted by Gasteiger charge is 2.26. The summed E-state index contributed by atoms with van der Waals surface area (Å²) < 4.78 is 10.4. The number of esters is 1. The lowest BCUT2D eigenvalue weighted by molar-refractivity contribution is -0.137. The molecule has 1 amide bonds. The van der Waals surface area contributed by atoms with Gasteiger partial charge in [0.2, 0.25) is 0 Å². The van der Waals surface area contributed by atoms with Crippen LogP contribution in [0.3, 0.4) is 0 Å². The number of aromatic nitrogens is 1. The number of likely N-dealkylation sites (tertiary alicyclic amines) is 1. The van der Waals surface area contributed by atoms with E-state index in [0.717, 1.165) is 35.9 Å². The van der Waals surface area contributed by atoms with Crippen LogP contribution in [0.15, 0.2) is 39.8 Å². The van der Waals surface area contributed by atoms with Gasteiger partial charge in [0.05, 0.1) is 11.3 Å². The van der Waals surface area contributed by atoms with Crippen molar-refractivity contribution in [1.29, 1.82) is 0 Å². The Kier molecular flexibility index (Phi) is 6.78. The Morgan fingerprint density at radius 1 is 1.25 bits per heavy atom. The van der Waals surface area contributed by atoms with Crippen LogP contribution < -0.4 is 0 Å². The molecule has 150 valence electrons. The lowest BCUT2D eigenvalue weighted by atomic mass is 9.92. The number of nitrogens with zero attached hydrogens (tertiary/aromatic N) is 2. The average molecular weight is 403 g/mol. The van der Waals surface area contributed by atoms with E-state index < -0.39 is 5.97 Å². The summed E-state index contributed by atoms with van der Waals surface area (Å²) in [5.74, 6) is 1.68. The van der Waals surface area contributed by atoms with E-state index in [1.165, 1.54) is 11.8 Å². The zero-order valence-corrected chi connectivity index (χ0v) is 17.3. The molecule has 0 bridgehead atoms. The summed E-state index contributed by atoms with van der Waals surface area (Å²) in [6.45, 7) is 7.36. The topological polar surface area (TPSA) is 72.6 Å². The van der Waals surface area contributed by atoms with Crippen molar-refractivity contribution in [3.63, 3.8) is 0 Å². The van der Waals surface area contributed by atoms with Gasteiger partial charge < -0.3 is 14.2 Å². The van der Waals surface area contributed by atoms with Crippen LogP contribution in [0.1, 0.15) is 42.1 Å². The number of carbonyl (C=O) groups is 2. The molecule has 2 heterocycles. The zero-order chi connectivity index (χ0) is 20.1. The molecule has 0 spiro atoms. The molecule has 1 aromatic carbocycles. The quantitative estimate of drug-likeness (QED) is 0.538. The average Bonchev–Trinajstić information content (AvgIpc) is 3.09. The number of ether oxygens (including phenoxy) is 1. The molecule has 2 atom stereocenters. The molecule has 28 heavy (non-hydrogen) atoms. The van der Waals surface area contributed by atoms with Crippen LogP contribution >= 0.6 is 11.8 Å². The second-order valence-electron chi connectivity index (χ2n) is 7.53. The van der Waals surface area contributed by atoms with Gasteiger partial charge in [-0.05, 0) is 37.3 Å². The minimum Gasteiger partial charge on any atom is -0.452 e. The summed E-state index contributed by atoms with van der Waals surface area (Å²) in [6.07, 6.45) is 1.12. The van der Waals surface area contributed by atoms with Crippen molar-refractivity contribution in [2.75, 3.05) is 19.7 Å². The zero-order valence-electron chi connectivity index (χ0n) is 16.5. The third-order valence-corrected chi connectivity index (χ3v) is 5.81. The van der Waals surface area contributed by atoms with Gasteiger partial charge >= 0.3 is 5.97 Å². The van der Waals surface area contributed by atoms with Gasteiger partial charge in [0.15, 0.2) is 6.61 Å². The predicted molar refractivity (Wildman–Crippen MR) is 107 cm³/mol. The van der Waals surface area contributed by atoms with Gasteiger partial charge in [-0.2, -0.15) is 0 Å². The van der Waals surface area contributed by atoms with Gasteiger partial charge in [0, 0.05) is 29.8 Å². The van der Waals surface area contributed by atoms with E-state index >= 15 is 0 Å². The van der Waals surface area contributed by atoms with Crippen molar-refractivity contribution in [3.8, 4) is 0 Å². The SMILES string of the molecule is Cc1cc(CSc2ccccc2C(=O)OCC(=O)N2C[C@H](C)C[C@@H](C)C2)no1. The molecule has 3 rings (SSSR count). The Labute approximate surface area is 169 Å². The van der Waals surface area contributed by atoms with Gasteiger partial charge in [-0.15, -0.1) is 11.8 Å². The van der Waals surface area contributed by atoms with Gasteiger partial charge in [0.1, 0.15) is 5.76 Å². The van der Waals surface area contributed by atoms with E-state index in [1.807, 2.05) is 25.1 Å². The maximum Gasteiger partial charge on any atom is 0.339 e. The minimum atomic E-state index is -0.481. The normalized spacial score (nSPS) is 19.5. The molecule has 1 aliphatic heterocycles. The molecular weight excluding hydrogens is 376 g/mol. The molecule has 2 aromatic rings. The van der Waals surface area contributed by atoms with Crippen LogP contribution in [0.5, 0.6) is 0 Å². The number of amides is 1. The van der Waals surface area contributed by atoms with E-state index in [1.54, 1.807) is 17.0 Å². The molecule has 7 heteroatoms. The first kappa shape index (κ1) is 20.5. The molecule has 0 N–H and O–H groups in total. The molecule has 1 aliphatic rings. The lowest BCUT2D eigenvalue weighted by Gasteiger charge is -2.34. The number of hydrogen-bond acceptors (Lipinski definition) is 6.